The molecular weight excluding hydrogens is 262 g/mol. The summed E-state index contributed by atoms with van der Waals surface area (Å²) in [5.41, 5.74) is 2.01. The Morgan fingerprint density at radius 1 is 1.05 bits per heavy atom. The third kappa shape index (κ3) is 4.79. The van der Waals surface area contributed by atoms with Crippen LogP contribution in [0.3, 0.4) is 0 Å². The lowest BCUT2D eigenvalue weighted by Gasteiger charge is -2.21. The molecule has 0 amide bonds. The minimum Gasteiger partial charge on any atom is -0.350 e. The van der Waals surface area contributed by atoms with Gasteiger partial charge in [0, 0.05) is 19.3 Å². The third-order valence-corrected chi connectivity index (χ3v) is 3.22. The Hall–Kier alpha value is -2.01. The molecular formula is C16H23N5. The molecule has 0 saturated heterocycles. The Labute approximate surface area is 126 Å². The first kappa shape index (κ1) is 15.4. The van der Waals surface area contributed by atoms with E-state index < -0.39 is 0 Å². The van der Waals surface area contributed by atoms with E-state index in [1.807, 2.05) is 36.5 Å². The van der Waals surface area contributed by atoms with Crippen molar-refractivity contribution >= 4 is 5.82 Å². The highest BCUT2D eigenvalue weighted by Crippen LogP contribution is 2.12. The first-order valence-electron chi connectivity index (χ1n) is 7.51. The van der Waals surface area contributed by atoms with Gasteiger partial charge in [-0.3, -0.25) is 4.98 Å². The van der Waals surface area contributed by atoms with Gasteiger partial charge in [0.15, 0.2) is 5.82 Å². The molecule has 0 aliphatic heterocycles. The van der Waals surface area contributed by atoms with Crippen molar-refractivity contribution in [3.8, 4) is 0 Å². The van der Waals surface area contributed by atoms with E-state index in [-0.39, 0.29) is 0 Å². The summed E-state index contributed by atoms with van der Waals surface area (Å²) in [7, 11) is 0. The van der Waals surface area contributed by atoms with Crippen LogP contribution in [0.2, 0.25) is 0 Å². The van der Waals surface area contributed by atoms with Crippen LogP contribution < -0.4 is 10.2 Å². The van der Waals surface area contributed by atoms with Gasteiger partial charge >= 0.3 is 0 Å². The normalized spacial score (nSPS) is 10.6. The second kappa shape index (κ2) is 8.32. The molecule has 0 aliphatic carbocycles. The first-order chi connectivity index (χ1) is 10.3. The number of nitrogens with one attached hydrogen (secondary N) is 1. The molecule has 0 radical (unpaired) electrons. The average molecular weight is 285 g/mol. The van der Waals surface area contributed by atoms with E-state index >= 15 is 0 Å². The van der Waals surface area contributed by atoms with Crippen LogP contribution in [0.4, 0.5) is 5.82 Å². The molecule has 0 aromatic carbocycles. The quantitative estimate of drug-likeness (QED) is 0.755. The van der Waals surface area contributed by atoms with Crippen molar-refractivity contribution < 1.29 is 0 Å². The van der Waals surface area contributed by atoms with E-state index in [4.69, 9.17) is 0 Å². The number of rotatable bonds is 8. The highest BCUT2D eigenvalue weighted by molar-refractivity contribution is 5.37. The number of hydrogen-bond acceptors (Lipinski definition) is 5. The summed E-state index contributed by atoms with van der Waals surface area (Å²) in [4.78, 5) is 6.52. The molecule has 0 spiro atoms. The van der Waals surface area contributed by atoms with E-state index in [0.29, 0.717) is 0 Å². The first-order valence-corrected chi connectivity index (χ1v) is 7.51. The monoisotopic (exact) mass is 285 g/mol. The lowest BCUT2D eigenvalue weighted by molar-refractivity contribution is 0.654. The Morgan fingerprint density at radius 2 is 1.95 bits per heavy atom. The Morgan fingerprint density at radius 3 is 2.57 bits per heavy atom. The predicted molar refractivity (Wildman–Crippen MR) is 85.0 cm³/mol. The van der Waals surface area contributed by atoms with Gasteiger partial charge in [0.1, 0.15) is 0 Å². The zero-order chi connectivity index (χ0) is 14.9. The molecule has 2 rings (SSSR count). The predicted octanol–water partition coefficient (Wildman–Crippen LogP) is 2.40. The molecule has 112 valence electrons. The minimum absolute atomic E-state index is 0.749. The summed E-state index contributed by atoms with van der Waals surface area (Å²) in [6.45, 7) is 7.66. The van der Waals surface area contributed by atoms with Crippen molar-refractivity contribution in [1.29, 1.82) is 0 Å². The number of anilines is 1. The van der Waals surface area contributed by atoms with Crippen LogP contribution in [-0.2, 0) is 13.1 Å². The molecule has 2 aromatic rings. The van der Waals surface area contributed by atoms with Gasteiger partial charge < -0.3 is 10.2 Å². The molecule has 5 heteroatoms. The standard InChI is InChI=1S/C16H23N5/c1-3-10-17-12-14-8-9-16(20-19-14)21(4-2)13-15-7-5-6-11-18-15/h5-9,11,17H,3-4,10,12-13H2,1-2H3. The topological polar surface area (TPSA) is 53.9 Å². The van der Waals surface area contributed by atoms with Crippen molar-refractivity contribution in [1.82, 2.24) is 20.5 Å². The fourth-order valence-corrected chi connectivity index (χ4v) is 2.05. The molecule has 1 N–H and O–H groups in total. The molecule has 0 fully saturated rings. The lowest BCUT2D eigenvalue weighted by Crippen LogP contribution is -2.24. The van der Waals surface area contributed by atoms with Crippen LogP contribution in [0.5, 0.6) is 0 Å². The van der Waals surface area contributed by atoms with Crippen molar-refractivity contribution in [2.24, 2.45) is 0 Å². The van der Waals surface area contributed by atoms with E-state index in [9.17, 15) is 0 Å². The molecule has 0 bridgehead atoms. The van der Waals surface area contributed by atoms with E-state index in [0.717, 1.165) is 49.8 Å². The zero-order valence-corrected chi connectivity index (χ0v) is 12.8. The maximum absolute atomic E-state index is 4.36. The van der Waals surface area contributed by atoms with Gasteiger partial charge in [-0.15, -0.1) is 5.10 Å². The fraction of sp³-hybridized carbons (Fsp3) is 0.438. The Balaban J connectivity index is 1.98. The van der Waals surface area contributed by atoms with Crippen LogP contribution in [0.15, 0.2) is 36.5 Å². The van der Waals surface area contributed by atoms with Crippen molar-refractivity contribution in [2.45, 2.75) is 33.4 Å². The van der Waals surface area contributed by atoms with Gasteiger partial charge in [-0.2, -0.15) is 5.10 Å². The summed E-state index contributed by atoms with van der Waals surface area (Å²) in [6, 6.07) is 10.0. The fourth-order valence-electron chi connectivity index (χ4n) is 2.05. The molecule has 0 saturated carbocycles. The number of pyridine rings is 1. The third-order valence-electron chi connectivity index (χ3n) is 3.22. The van der Waals surface area contributed by atoms with Gasteiger partial charge in [-0.05, 0) is 44.2 Å². The van der Waals surface area contributed by atoms with Crippen LogP contribution >= 0.6 is 0 Å². The SMILES string of the molecule is CCCNCc1ccc(N(CC)Cc2ccccn2)nn1. The van der Waals surface area contributed by atoms with Gasteiger partial charge in [0.25, 0.3) is 0 Å². The number of nitrogens with zero attached hydrogens (tertiary/aromatic N) is 4. The molecule has 0 aliphatic rings. The summed E-state index contributed by atoms with van der Waals surface area (Å²) in [6.07, 6.45) is 2.94. The van der Waals surface area contributed by atoms with Crippen molar-refractivity contribution in [3.05, 3.63) is 47.9 Å². The smallest absolute Gasteiger partial charge is 0.151 e. The summed E-state index contributed by atoms with van der Waals surface area (Å²) < 4.78 is 0. The lowest BCUT2D eigenvalue weighted by atomic mass is 10.3. The molecule has 0 atom stereocenters. The van der Waals surface area contributed by atoms with Gasteiger partial charge in [0.2, 0.25) is 0 Å². The summed E-state index contributed by atoms with van der Waals surface area (Å²) >= 11 is 0. The second-order valence-electron chi connectivity index (χ2n) is 4.89. The highest BCUT2D eigenvalue weighted by Gasteiger charge is 2.08. The summed E-state index contributed by atoms with van der Waals surface area (Å²) in [5, 5.41) is 11.9. The van der Waals surface area contributed by atoms with Gasteiger partial charge in [0.05, 0.1) is 17.9 Å². The highest BCUT2D eigenvalue weighted by atomic mass is 15.3. The average Bonchev–Trinajstić information content (AvgIpc) is 2.55. The van der Waals surface area contributed by atoms with E-state index in [1.165, 1.54) is 0 Å². The number of aromatic nitrogens is 3. The zero-order valence-electron chi connectivity index (χ0n) is 12.8. The van der Waals surface area contributed by atoms with Crippen molar-refractivity contribution in [2.75, 3.05) is 18.0 Å². The Kier molecular flexibility index (Phi) is 6.09. The maximum Gasteiger partial charge on any atom is 0.151 e. The Bertz CT molecular complexity index is 512. The van der Waals surface area contributed by atoms with Crippen LogP contribution in [0, 0.1) is 0 Å². The van der Waals surface area contributed by atoms with Crippen LogP contribution in [-0.4, -0.2) is 28.3 Å². The van der Waals surface area contributed by atoms with Crippen molar-refractivity contribution in [3.63, 3.8) is 0 Å². The minimum atomic E-state index is 0.749. The number of hydrogen-bond donors (Lipinski definition) is 1. The van der Waals surface area contributed by atoms with E-state index in [1.54, 1.807) is 0 Å². The molecule has 2 heterocycles. The molecule has 2 aromatic heterocycles. The largest absolute Gasteiger partial charge is 0.350 e. The summed E-state index contributed by atoms with van der Waals surface area (Å²) in [5.74, 6) is 0.891. The van der Waals surface area contributed by atoms with Gasteiger partial charge in [-0.25, -0.2) is 0 Å². The maximum atomic E-state index is 4.36. The van der Waals surface area contributed by atoms with Crippen LogP contribution in [0.25, 0.3) is 0 Å². The molecule has 21 heavy (non-hydrogen) atoms. The molecule has 5 nitrogen and oxygen atoms in total. The van der Waals surface area contributed by atoms with E-state index in [2.05, 4.69) is 39.2 Å². The van der Waals surface area contributed by atoms with Gasteiger partial charge in [-0.1, -0.05) is 13.0 Å². The molecule has 0 unspecified atom stereocenters. The van der Waals surface area contributed by atoms with Crippen LogP contribution in [0.1, 0.15) is 31.7 Å². The second-order valence-corrected chi connectivity index (χ2v) is 4.89.